The monoisotopic (exact) mass is 292 g/mol. The maximum Gasteiger partial charge on any atom is 0.307 e. The zero-order valence-corrected chi connectivity index (χ0v) is 10.9. The van der Waals surface area contributed by atoms with Gasteiger partial charge in [0.1, 0.15) is 17.6 Å². The van der Waals surface area contributed by atoms with E-state index in [0.717, 1.165) is 6.07 Å². The number of nitrogens with one attached hydrogen (secondary N) is 1. The Balaban J connectivity index is 2.21. The summed E-state index contributed by atoms with van der Waals surface area (Å²) in [6.07, 6.45) is 1.67. The molecule has 1 N–H and O–H groups in total. The summed E-state index contributed by atoms with van der Waals surface area (Å²) in [5.41, 5.74) is 0.146. The summed E-state index contributed by atoms with van der Waals surface area (Å²) in [5.74, 6) is -2.15. The van der Waals surface area contributed by atoms with Gasteiger partial charge in [0.2, 0.25) is 5.82 Å². The minimum absolute atomic E-state index is 0.148. The molecule has 0 aliphatic carbocycles. The summed E-state index contributed by atoms with van der Waals surface area (Å²) in [7, 11) is 1.69. The summed E-state index contributed by atoms with van der Waals surface area (Å²) < 4.78 is 28.4. The van der Waals surface area contributed by atoms with Crippen molar-refractivity contribution in [2.45, 2.75) is 6.54 Å². The average molecular weight is 292 g/mol. The Labute approximate surface area is 118 Å². The summed E-state index contributed by atoms with van der Waals surface area (Å²) in [5, 5.41) is 22.1. The zero-order valence-electron chi connectivity index (χ0n) is 10.9. The Hall–Kier alpha value is -2.95. The number of nitro groups is 1. The van der Waals surface area contributed by atoms with Crippen LogP contribution in [-0.4, -0.2) is 9.49 Å². The first-order valence-electron chi connectivity index (χ1n) is 5.85. The quantitative estimate of drug-likeness (QED) is 0.693. The molecule has 2 aromatic rings. The van der Waals surface area contributed by atoms with Crippen molar-refractivity contribution in [2.24, 2.45) is 7.05 Å². The molecule has 0 unspecified atom stereocenters. The minimum Gasteiger partial charge on any atom is -0.378 e. The van der Waals surface area contributed by atoms with E-state index in [1.165, 1.54) is 0 Å². The molecule has 0 saturated heterocycles. The van der Waals surface area contributed by atoms with Crippen molar-refractivity contribution in [1.29, 1.82) is 5.26 Å². The number of aryl methyl sites for hydroxylation is 1. The molecule has 1 aromatic heterocycles. The molecule has 0 bridgehead atoms. The highest BCUT2D eigenvalue weighted by Gasteiger charge is 2.18. The fourth-order valence-corrected chi connectivity index (χ4v) is 1.85. The number of benzene rings is 1. The third-order valence-electron chi connectivity index (χ3n) is 2.89. The summed E-state index contributed by atoms with van der Waals surface area (Å²) in [6, 6.07) is 4.85. The molecule has 0 aliphatic heterocycles. The molecule has 6 nitrogen and oxygen atoms in total. The minimum atomic E-state index is -1.23. The Kier molecular flexibility index (Phi) is 3.84. The number of rotatable bonds is 4. The number of nitro benzene ring substituents is 1. The number of anilines is 1. The van der Waals surface area contributed by atoms with Crippen LogP contribution in [0.2, 0.25) is 0 Å². The lowest BCUT2D eigenvalue weighted by atomic mass is 10.2. The van der Waals surface area contributed by atoms with Crippen LogP contribution < -0.4 is 5.32 Å². The number of aromatic nitrogens is 1. The molecule has 2 rings (SSSR count). The second-order valence-corrected chi connectivity index (χ2v) is 4.35. The predicted octanol–water partition coefficient (Wildman–Crippen LogP) is 2.70. The van der Waals surface area contributed by atoms with Crippen LogP contribution in [-0.2, 0) is 13.6 Å². The molecule has 0 saturated carbocycles. The van der Waals surface area contributed by atoms with Crippen LogP contribution in [0.5, 0.6) is 0 Å². The lowest BCUT2D eigenvalue weighted by molar-refractivity contribution is -0.387. The predicted molar refractivity (Wildman–Crippen MR) is 70.5 cm³/mol. The lowest BCUT2D eigenvalue weighted by Crippen LogP contribution is -2.03. The molecular weight excluding hydrogens is 282 g/mol. The van der Waals surface area contributed by atoms with Crippen LogP contribution in [0.3, 0.4) is 0 Å². The van der Waals surface area contributed by atoms with Gasteiger partial charge in [0, 0.05) is 31.9 Å². The molecule has 0 aliphatic rings. The summed E-state index contributed by atoms with van der Waals surface area (Å²) >= 11 is 0. The third-order valence-corrected chi connectivity index (χ3v) is 2.89. The maximum atomic E-state index is 13.6. The normalized spacial score (nSPS) is 10.2. The molecule has 21 heavy (non-hydrogen) atoms. The Morgan fingerprint density at radius 2 is 2.10 bits per heavy atom. The highest BCUT2D eigenvalue weighted by molar-refractivity contribution is 5.53. The van der Waals surface area contributed by atoms with Gasteiger partial charge >= 0.3 is 5.69 Å². The first-order valence-corrected chi connectivity index (χ1v) is 5.85. The van der Waals surface area contributed by atoms with Gasteiger partial charge in [-0.05, 0) is 11.6 Å². The second kappa shape index (κ2) is 5.58. The number of hydrogen-bond acceptors (Lipinski definition) is 4. The van der Waals surface area contributed by atoms with E-state index in [2.05, 4.69) is 5.32 Å². The van der Waals surface area contributed by atoms with Gasteiger partial charge in [0.05, 0.1) is 10.6 Å². The van der Waals surface area contributed by atoms with Crippen molar-refractivity contribution in [3.8, 4) is 6.07 Å². The van der Waals surface area contributed by atoms with Crippen molar-refractivity contribution in [2.75, 3.05) is 5.32 Å². The van der Waals surface area contributed by atoms with Gasteiger partial charge in [0.15, 0.2) is 0 Å². The van der Waals surface area contributed by atoms with Crippen LogP contribution in [0.15, 0.2) is 24.4 Å². The Bertz CT molecular complexity index is 749. The summed E-state index contributed by atoms with van der Waals surface area (Å²) in [4.78, 5) is 9.70. The highest BCUT2D eigenvalue weighted by Crippen LogP contribution is 2.25. The molecular formula is C13H10F2N4O2. The number of nitrogens with zero attached hydrogens (tertiary/aromatic N) is 3. The van der Waals surface area contributed by atoms with Gasteiger partial charge in [0.25, 0.3) is 0 Å². The van der Waals surface area contributed by atoms with Crippen molar-refractivity contribution in [3.63, 3.8) is 0 Å². The molecule has 1 aromatic carbocycles. The second-order valence-electron chi connectivity index (χ2n) is 4.35. The fourth-order valence-electron chi connectivity index (χ4n) is 1.85. The molecule has 108 valence electrons. The third kappa shape index (κ3) is 2.97. The molecule has 0 spiro atoms. The highest BCUT2D eigenvalue weighted by atomic mass is 19.1. The topological polar surface area (TPSA) is 83.9 Å². The number of halogens is 2. The van der Waals surface area contributed by atoms with Gasteiger partial charge in [-0.2, -0.15) is 9.65 Å². The van der Waals surface area contributed by atoms with Gasteiger partial charge in [-0.15, -0.1) is 0 Å². The van der Waals surface area contributed by atoms with Crippen LogP contribution in [0.25, 0.3) is 0 Å². The molecule has 8 heteroatoms. The van der Waals surface area contributed by atoms with Crippen LogP contribution in [0, 0.1) is 33.1 Å². The standard InChI is InChI=1S/C13H10F2N4O2/c1-18-7-8(2-9(18)5-16)6-17-12-4-13(19(20)21)11(15)3-10(12)14/h2-4,7,17H,6H2,1H3. The Morgan fingerprint density at radius 1 is 1.38 bits per heavy atom. The van der Waals surface area contributed by atoms with Crippen molar-refractivity contribution in [3.05, 3.63) is 57.4 Å². The largest absolute Gasteiger partial charge is 0.378 e. The smallest absolute Gasteiger partial charge is 0.307 e. The van der Waals surface area contributed by atoms with Gasteiger partial charge in [-0.25, -0.2) is 4.39 Å². The first kappa shape index (κ1) is 14.5. The first-order chi connectivity index (χ1) is 9.92. The van der Waals surface area contributed by atoms with Gasteiger partial charge < -0.3 is 9.88 Å². The van der Waals surface area contributed by atoms with Gasteiger partial charge in [-0.3, -0.25) is 10.1 Å². The zero-order chi connectivity index (χ0) is 15.6. The van der Waals surface area contributed by atoms with E-state index in [1.54, 1.807) is 23.9 Å². The SMILES string of the molecule is Cn1cc(CNc2cc([N+](=O)[O-])c(F)cc2F)cc1C#N. The van der Waals surface area contributed by atoms with E-state index in [4.69, 9.17) is 5.26 Å². The molecule has 0 atom stereocenters. The lowest BCUT2D eigenvalue weighted by Gasteiger charge is -2.06. The summed E-state index contributed by atoms with van der Waals surface area (Å²) in [6.45, 7) is 0.148. The van der Waals surface area contributed by atoms with E-state index < -0.39 is 22.2 Å². The van der Waals surface area contributed by atoms with Crippen molar-refractivity contribution < 1.29 is 13.7 Å². The molecule has 0 fully saturated rings. The molecule has 0 amide bonds. The van der Waals surface area contributed by atoms with E-state index in [-0.39, 0.29) is 12.2 Å². The van der Waals surface area contributed by atoms with Crippen molar-refractivity contribution >= 4 is 11.4 Å². The van der Waals surface area contributed by atoms with Crippen molar-refractivity contribution in [1.82, 2.24) is 4.57 Å². The van der Waals surface area contributed by atoms with E-state index in [9.17, 15) is 18.9 Å². The van der Waals surface area contributed by atoms with Crippen LogP contribution in [0.4, 0.5) is 20.2 Å². The van der Waals surface area contributed by atoms with Crippen LogP contribution >= 0.6 is 0 Å². The Morgan fingerprint density at radius 3 is 2.67 bits per heavy atom. The molecule has 0 radical (unpaired) electrons. The average Bonchev–Trinajstić information content (AvgIpc) is 2.77. The van der Waals surface area contributed by atoms with E-state index in [1.807, 2.05) is 6.07 Å². The van der Waals surface area contributed by atoms with Gasteiger partial charge in [-0.1, -0.05) is 0 Å². The van der Waals surface area contributed by atoms with Crippen LogP contribution in [0.1, 0.15) is 11.3 Å². The fraction of sp³-hybridized carbons (Fsp3) is 0.154. The number of hydrogen-bond donors (Lipinski definition) is 1. The number of nitriles is 1. The molecule has 1 heterocycles. The van der Waals surface area contributed by atoms with E-state index in [0.29, 0.717) is 17.3 Å². The van der Waals surface area contributed by atoms with E-state index >= 15 is 0 Å². The maximum absolute atomic E-state index is 13.6.